The van der Waals surface area contributed by atoms with Gasteiger partial charge in [-0.15, -0.1) is 0 Å². The highest BCUT2D eigenvalue weighted by molar-refractivity contribution is 4.50. The summed E-state index contributed by atoms with van der Waals surface area (Å²) < 4.78 is 5.51. The molecule has 23 heavy (non-hydrogen) atoms. The average Bonchev–Trinajstić information content (AvgIpc) is 2.57. The highest BCUT2D eigenvalue weighted by atomic mass is 16.5. The van der Waals surface area contributed by atoms with Gasteiger partial charge in [0, 0.05) is 13.2 Å². The summed E-state index contributed by atoms with van der Waals surface area (Å²) in [7, 11) is 0. The lowest BCUT2D eigenvalue weighted by atomic mass is 10.0. The molecule has 0 radical (unpaired) electrons. The third-order valence-electron chi connectivity index (χ3n) is 4.64. The van der Waals surface area contributed by atoms with Gasteiger partial charge >= 0.3 is 0 Å². The van der Waals surface area contributed by atoms with Crippen molar-refractivity contribution in [1.82, 2.24) is 0 Å². The number of nitrogens with two attached hydrogens (primary N) is 1. The van der Waals surface area contributed by atoms with Crippen molar-refractivity contribution in [3.63, 3.8) is 0 Å². The van der Waals surface area contributed by atoms with E-state index in [1.165, 1.54) is 103 Å². The zero-order chi connectivity index (χ0) is 16.8. The van der Waals surface area contributed by atoms with Crippen LogP contribution >= 0.6 is 0 Å². The topological polar surface area (TPSA) is 35.2 Å². The Morgan fingerprint density at radius 2 is 0.826 bits per heavy atom. The Labute approximate surface area is 146 Å². The second kappa shape index (κ2) is 21.9. The summed E-state index contributed by atoms with van der Waals surface area (Å²) in [6.45, 7) is 4.81. The molecule has 0 aliphatic heterocycles. The summed E-state index contributed by atoms with van der Waals surface area (Å²) in [5.74, 6) is 0. The molecular weight excluding hydrogens is 282 g/mol. The predicted octanol–water partition coefficient (Wildman–Crippen LogP) is 6.61. The third kappa shape index (κ3) is 21.9. The first-order chi connectivity index (χ1) is 11.4. The monoisotopic (exact) mass is 327 g/mol. The minimum atomic E-state index is 0.749. The highest BCUT2D eigenvalue weighted by Gasteiger charge is 1.95. The molecule has 0 bridgehead atoms. The quantitative estimate of drug-likeness (QED) is 0.255. The van der Waals surface area contributed by atoms with Gasteiger partial charge in [-0.25, -0.2) is 0 Å². The molecular formula is C21H45NO. The normalized spacial score (nSPS) is 11.2. The van der Waals surface area contributed by atoms with Crippen molar-refractivity contribution in [2.24, 2.45) is 5.73 Å². The maximum atomic E-state index is 5.51. The molecule has 0 fully saturated rings. The molecule has 140 valence electrons. The van der Waals surface area contributed by atoms with Gasteiger partial charge in [0.1, 0.15) is 0 Å². The molecule has 2 N–H and O–H groups in total. The van der Waals surface area contributed by atoms with E-state index >= 15 is 0 Å². The summed E-state index contributed by atoms with van der Waals surface area (Å²) in [6, 6.07) is 0. The van der Waals surface area contributed by atoms with Crippen LogP contribution in [0, 0.1) is 0 Å². The number of rotatable bonds is 20. The molecule has 0 aliphatic rings. The van der Waals surface area contributed by atoms with E-state index in [4.69, 9.17) is 10.5 Å². The van der Waals surface area contributed by atoms with E-state index in [-0.39, 0.29) is 0 Å². The molecule has 2 heteroatoms. The van der Waals surface area contributed by atoms with Crippen LogP contribution in [0.4, 0.5) is 0 Å². The van der Waals surface area contributed by atoms with Crippen LogP contribution in [-0.2, 0) is 4.74 Å². The average molecular weight is 328 g/mol. The van der Waals surface area contributed by atoms with Gasteiger partial charge in [-0.2, -0.15) is 0 Å². The van der Waals surface area contributed by atoms with Crippen molar-refractivity contribution >= 4 is 0 Å². The largest absolute Gasteiger partial charge is 0.381 e. The van der Waals surface area contributed by atoms with Gasteiger partial charge in [0.2, 0.25) is 0 Å². The lowest BCUT2D eigenvalue weighted by Crippen LogP contribution is -2.04. The number of hydrogen-bond donors (Lipinski definition) is 1. The van der Waals surface area contributed by atoms with Gasteiger partial charge in [-0.1, -0.05) is 103 Å². The lowest BCUT2D eigenvalue weighted by molar-refractivity contribution is 0.129. The van der Waals surface area contributed by atoms with Crippen LogP contribution in [0.1, 0.15) is 116 Å². The summed E-state index contributed by atoms with van der Waals surface area (Å²) in [5.41, 5.74) is 5.43. The minimum Gasteiger partial charge on any atom is -0.381 e. The van der Waals surface area contributed by atoms with Crippen LogP contribution in [0.3, 0.4) is 0 Å². The first-order valence-corrected chi connectivity index (χ1v) is 10.7. The van der Waals surface area contributed by atoms with E-state index in [0.717, 1.165) is 26.2 Å². The Hall–Kier alpha value is -0.0800. The number of unbranched alkanes of at least 4 members (excludes halogenated alkanes) is 15. The van der Waals surface area contributed by atoms with Crippen LogP contribution in [0.5, 0.6) is 0 Å². The van der Waals surface area contributed by atoms with Gasteiger partial charge in [0.25, 0.3) is 0 Å². The molecule has 0 heterocycles. The van der Waals surface area contributed by atoms with E-state index in [9.17, 15) is 0 Å². The SMILES string of the molecule is CCCCCCCCCCCCCCCCCCOCCCN. The van der Waals surface area contributed by atoms with E-state index in [1.54, 1.807) is 0 Å². The number of ether oxygens (including phenoxy) is 1. The van der Waals surface area contributed by atoms with Crippen molar-refractivity contribution < 1.29 is 4.74 Å². The standard InChI is InChI=1S/C21H45NO/c1-2-3-4-5-6-7-8-9-10-11-12-13-14-15-16-17-20-23-21-18-19-22/h2-22H2,1H3. The fourth-order valence-electron chi connectivity index (χ4n) is 3.04. The molecule has 0 atom stereocenters. The van der Waals surface area contributed by atoms with Crippen molar-refractivity contribution in [1.29, 1.82) is 0 Å². The molecule has 0 saturated carbocycles. The molecule has 0 aromatic carbocycles. The zero-order valence-corrected chi connectivity index (χ0v) is 16.1. The van der Waals surface area contributed by atoms with Gasteiger partial charge in [-0.05, 0) is 19.4 Å². The Kier molecular flexibility index (Phi) is 21.8. The van der Waals surface area contributed by atoms with E-state index in [1.807, 2.05) is 0 Å². The molecule has 0 spiro atoms. The first kappa shape index (κ1) is 22.9. The molecule has 0 aromatic heterocycles. The minimum absolute atomic E-state index is 0.749. The van der Waals surface area contributed by atoms with E-state index in [2.05, 4.69) is 6.92 Å². The molecule has 0 amide bonds. The Balaban J connectivity index is 2.92. The van der Waals surface area contributed by atoms with Crippen molar-refractivity contribution in [3.05, 3.63) is 0 Å². The molecule has 0 rings (SSSR count). The van der Waals surface area contributed by atoms with Crippen molar-refractivity contribution in [2.75, 3.05) is 19.8 Å². The van der Waals surface area contributed by atoms with Crippen LogP contribution < -0.4 is 5.73 Å². The summed E-state index contributed by atoms with van der Waals surface area (Å²) >= 11 is 0. The molecule has 0 saturated heterocycles. The van der Waals surface area contributed by atoms with Crippen molar-refractivity contribution in [3.8, 4) is 0 Å². The molecule has 2 nitrogen and oxygen atoms in total. The summed E-state index contributed by atoms with van der Waals surface area (Å²) in [5, 5.41) is 0. The van der Waals surface area contributed by atoms with Crippen LogP contribution in [0.25, 0.3) is 0 Å². The summed E-state index contributed by atoms with van der Waals surface area (Å²) in [6.07, 6.45) is 23.8. The Morgan fingerprint density at radius 3 is 1.22 bits per heavy atom. The maximum absolute atomic E-state index is 5.51. The second-order valence-electron chi connectivity index (χ2n) is 7.06. The fraction of sp³-hybridized carbons (Fsp3) is 1.00. The second-order valence-corrected chi connectivity index (χ2v) is 7.06. The smallest absolute Gasteiger partial charge is 0.0478 e. The lowest BCUT2D eigenvalue weighted by Gasteiger charge is -2.04. The molecule has 0 unspecified atom stereocenters. The maximum Gasteiger partial charge on any atom is 0.0478 e. The zero-order valence-electron chi connectivity index (χ0n) is 16.1. The Morgan fingerprint density at radius 1 is 0.478 bits per heavy atom. The highest BCUT2D eigenvalue weighted by Crippen LogP contribution is 2.13. The van der Waals surface area contributed by atoms with Crippen LogP contribution in [0.15, 0.2) is 0 Å². The van der Waals surface area contributed by atoms with Crippen LogP contribution in [0.2, 0.25) is 0 Å². The van der Waals surface area contributed by atoms with Gasteiger partial charge < -0.3 is 10.5 Å². The molecule has 0 aliphatic carbocycles. The van der Waals surface area contributed by atoms with E-state index in [0.29, 0.717) is 0 Å². The first-order valence-electron chi connectivity index (χ1n) is 10.7. The van der Waals surface area contributed by atoms with Gasteiger partial charge in [-0.3, -0.25) is 0 Å². The van der Waals surface area contributed by atoms with Gasteiger partial charge in [0.15, 0.2) is 0 Å². The summed E-state index contributed by atoms with van der Waals surface area (Å²) in [4.78, 5) is 0. The van der Waals surface area contributed by atoms with E-state index < -0.39 is 0 Å². The predicted molar refractivity (Wildman–Crippen MR) is 104 cm³/mol. The fourth-order valence-corrected chi connectivity index (χ4v) is 3.04. The van der Waals surface area contributed by atoms with Crippen molar-refractivity contribution in [2.45, 2.75) is 116 Å². The Bertz CT molecular complexity index is 176. The van der Waals surface area contributed by atoms with Gasteiger partial charge in [0.05, 0.1) is 0 Å². The number of hydrogen-bond acceptors (Lipinski definition) is 2. The van der Waals surface area contributed by atoms with Crippen LogP contribution in [-0.4, -0.2) is 19.8 Å². The third-order valence-corrected chi connectivity index (χ3v) is 4.64. The molecule has 0 aromatic rings.